The van der Waals surface area contributed by atoms with Crippen molar-refractivity contribution in [1.29, 1.82) is 0 Å². The molecule has 108 valence electrons. The summed E-state index contributed by atoms with van der Waals surface area (Å²) in [6.45, 7) is 0.0874. The molecule has 1 fully saturated rings. The second-order valence-electron chi connectivity index (χ2n) is 4.96. The zero-order valence-corrected chi connectivity index (χ0v) is 12.1. The number of aryl methyl sites for hydroxylation is 1. The quantitative estimate of drug-likeness (QED) is 0.787. The van der Waals surface area contributed by atoms with E-state index in [4.69, 9.17) is 12.2 Å². The van der Waals surface area contributed by atoms with Gasteiger partial charge in [0.25, 0.3) is 5.91 Å². The standard InChI is InChI=1S/C13H17N3O3S/c1-3-5-16(11-4-6-20(18,19)9-11)13(17)12-7-10(14)8-15(12)2/h1,7-8,11H,4-6,9,14H2,2H3. The van der Waals surface area contributed by atoms with Crippen molar-refractivity contribution in [3.05, 3.63) is 18.0 Å². The van der Waals surface area contributed by atoms with Crippen molar-refractivity contribution in [3.8, 4) is 12.3 Å². The predicted molar refractivity (Wildman–Crippen MR) is 76.8 cm³/mol. The fourth-order valence-electron chi connectivity index (χ4n) is 2.44. The summed E-state index contributed by atoms with van der Waals surface area (Å²) in [5.74, 6) is 2.20. The Balaban J connectivity index is 2.28. The number of carbonyl (C=O) groups excluding carboxylic acids is 1. The fourth-order valence-corrected chi connectivity index (χ4v) is 4.17. The van der Waals surface area contributed by atoms with Gasteiger partial charge in [-0.25, -0.2) is 8.42 Å². The highest BCUT2D eigenvalue weighted by Crippen LogP contribution is 2.20. The first-order valence-corrected chi connectivity index (χ1v) is 8.03. The molecule has 0 aromatic carbocycles. The lowest BCUT2D eigenvalue weighted by Crippen LogP contribution is -2.42. The number of nitrogens with two attached hydrogens (primary N) is 1. The summed E-state index contributed by atoms with van der Waals surface area (Å²) < 4.78 is 24.7. The minimum atomic E-state index is -3.07. The maximum atomic E-state index is 12.5. The van der Waals surface area contributed by atoms with Crippen molar-refractivity contribution in [2.24, 2.45) is 7.05 Å². The molecule has 1 atom stereocenters. The van der Waals surface area contributed by atoms with E-state index in [2.05, 4.69) is 5.92 Å². The summed E-state index contributed by atoms with van der Waals surface area (Å²) in [6, 6.07) is 1.20. The van der Waals surface area contributed by atoms with Gasteiger partial charge >= 0.3 is 0 Å². The molecule has 0 aliphatic carbocycles. The van der Waals surface area contributed by atoms with E-state index in [1.165, 1.54) is 4.90 Å². The number of sulfone groups is 1. The lowest BCUT2D eigenvalue weighted by atomic mass is 10.2. The van der Waals surface area contributed by atoms with Crippen LogP contribution in [0.1, 0.15) is 16.9 Å². The van der Waals surface area contributed by atoms with E-state index >= 15 is 0 Å². The number of anilines is 1. The molecule has 0 spiro atoms. The molecule has 1 aromatic heterocycles. The summed E-state index contributed by atoms with van der Waals surface area (Å²) in [6.07, 6.45) is 7.36. The number of amides is 1. The molecular formula is C13H17N3O3S. The van der Waals surface area contributed by atoms with Crippen molar-refractivity contribution in [1.82, 2.24) is 9.47 Å². The maximum Gasteiger partial charge on any atom is 0.271 e. The molecule has 7 heteroatoms. The zero-order valence-electron chi connectivity index (χ0n) is 11.2. The van der Waals surface area contributed by atoms with E-state index in [0.29, 0.717) is 17.8 Å². The van der Waals surface area contributed by atoms with E-state index < -0.39 is 9.84 Å². The fraction of sp³-hybridized carbons (Fsp3) is 0.462. The third kappa shape index (κ3) is 2.80. The smallest absolute Gasteiger partial charge is 0.271 e. The molecule has 2 heterocycles. The van der Waals surface area contributed by atoms with Gasteiger partial charge in [0, 0.05) is 19.3 Å². The Kier molecular flexibility index (Phi) is 3.77. The van der Waals surface area contributed by atoms with Crippen LogP contribution in [0.5, 0.6) is 0 Å². The number of carbonyl (C=O) groups is 1. The van der Waals surface area contributed by atoms with Crippen molar-refractivity contribution < 1.29 is 13.2 Å². The molecule has 2 rings (SSSR count). The van der Waals surface area contributed by atoms with Crippen LogP contribution in [0.15, 0.2) is 12.3 Å². The second-order valence-corrected chi connectivity index (χ2v) is 7.19. The third-order valence-corrected chi connectivity index (χ3v) is 5.17. The van der Waals surface area contributed by atoms with Gasteiger partial charge in [0.2, 0.25) is 0 Å². The van der Waals surface area contributed by atoms with Crippen LogP contribution in [-0.4, -0.2) is 47.9 Å². The molecule has 2 N–H and O–H groups in total. The van der Waals surface area contributed by atoms with Gasteiger partial charge in [-0.1, -0.05) is 5.92 Å². The normalized spacial score (nSPS) is 20.5. The van der Waals surface area contributed by atoms with E-state index in [0.717, 1.165) is 0 Å². The first-order valence-electron chi connectivity index (χ1n) is 6.21. The Morgan fingerprint density at radius 3 is 2.80 bits per heavy atom. The molecule has 0 radical (unpaired) electrons. The molecule has 1 aliphatic heterocycles. The first-order chi connectivity index (χ1) is 9.34. The minimum Gasteiger partial charge on any atom is -0.397 e. The molecule has 1 unspecified atom stereocenters. The Hall–Kier alpha value is -1.94. The number of hydrogen-bond acceptors (Lipinski definition) is 4. The molecular weight excluding hydrogens is 278 g/mol. The van der Waals surface area contributed by atoms with E-state index in [1.807, 2.05) is 0 Å². The van der Waals surface area contributed by atoms with Crippen molar-refractivity contribution in [3.63, 3.8) is 0 Å². The molecule has 20 heavy (non-hydrogen) atoms. The van der Waals surface area contributed by atoms with Gasteiger partial charge in [-0.3, -0.25) is 4.79 Å². The van der Waals surface area contributed by atoms with Crippen LogP contribution in [0.4, 0.5) is 5.69 Å². The van der Waals surface area contributed by atoms with Gasteiger partial charge in [-0.2, -0.15) is 0 Å². The van der Waals surface area contributed by atoms with Crippen LogP contribution < -0.4 is 5.73 Å². The van der Waals surface area contributed by atoms with Crippen LogP contribution >= 0.6 is 0 Å². The average Bonchev–Trinajstić information content (AvgIpc) is 2.88. The highest BCUT2D eigenvalue weighted by molar-refractivity contribution is 7.91. The molecule has 1 aromatic rings. The van der Waals surface area contributed by atoms with Crippen molar-refractivity contribution in [2.75, 3.05) is 23.8 Å². The summed E-state index contributed by atoms with van der Waals surface area (Å²) in [7, 11) is -1.36. The highest BCUT2D eigenvalue weighted by atomic mass is 32.2. The SMILES string of the molecule is C#CCN(C(=O)c1cc(N)cn1C)C1CCS(=O)(=O)C1. The van der Waals surface area contributed by atoms with Gasteiger partial charge in [-0.15, -0.1) is 6.42 Å². The number of rotatable bonds is 3. The third-order valence-electron chi connectivity index (χ3n) is 3.42. The van der Waals surface area contributed by atoms with Crippen LogP contribution in [0.25, 0.3) is 0 Å². The van der Waals surface area contributed by atoms with Crippen LogP contribution in [-0.2, 0) is 16.9 Å². The topological polar surface area (TPSA) is 85.4 Å². The van der Waals surface area contributed by atoms with Crippen LogP contribution in [0.2, 0.25) is 0 Å². The Labute approximate surface area is 118 Å². The van der Waals surface area contributed by atoms with Crippen molar-refractivity contribution in [2.45, 2.75) is 12.5 Å². The van der Waals surface area contributed by atoms with Gasteiger partial charge < -0.3 is 15.2 Å². The van der Waals surface area contributed by atoms with Gasteiger partial charge in [0.1, 0.15) is 5.69 Å². The van der Waals surface area contributed by atoms with E-state index in [1.54, 1.807) is 23.9 Å². The second kappa shape index (κ2) is 5.21. The number of hydrogen-bond donors (Lipinski definition) is 1. The zero-order chi connectivity index (χ0) is 14.9. The lowest BCUT2D eigenvalue weighted by molar-refractivity contribution is 0.0714. The van der Waals surface area contributed by atoms with Gasteiger partial charge in [0.05, 0.1) is 23.7 Å². The minimum absolute atomic E-state index is 0.0275. The number of terminal acetylenes is 1. The van der Waals surface area contributed by atoms with Gasteiger partial charge in [0.15, 0.2) is 9.84 Å². The van der Waals surface area contributed by atoms with Gasteiger partial charge in [-0.05, 0) is 12.5 Å². The lowest BCUT2D eigenvalue weighted by Gasteiger charge is -2.26. The molecule has 1 aliphatic rings. The largest absolute Gasteiger partial charge is 0.397 e. The molecule has 0 saturated carbocycles. The number of aromatic nitrogens is 1. The van der Waals surface area contributed by atoms with Crippen molar-refractivity contribution >= 4 is 21.4 Å². The predicted octanol–water partition coefficient (Wildman–Crippen LogP) is -0.130. The number of nitrogen functional groups attached to an aromatic ring is 1. The Morgan fingerprint density at radius 2 is 2.35 bits per heavy atom. The summed E-state index contributed by atoms with van der Waals surface area (Å²) in [5, 5.41) is 0. The highest BCUT2D eigenvalue weighted by Gasteiger charge is 2.35. The Morgan fingerprint density at radius 1 is 1.65 bits per heavy atom. The monoisotopic (exact) mass is 295 g/mol. The van der Waals surface area contributed by atoms with Crippen LogP contribution in [0.3, 0.4) is 0 Å². The van der Waals surface area contributed by atoms with E-state index in [-0.39, 0.29) is 30.0 Å². The maximum absolute atomic E-state index is 12.5. The first kappa shape index (κ1) is 14.5. The molecule has 6 nitrogen and oxygen atoms in total. The molecule has 0 bridgehead atoms. The van der Waals surface area contributed by atoms with Crippen LogP contribution in [0, 0.1) is 12.3 Å². The molecule has 1 amide bonds. The van der Waals surface area contributed by atoms with E-state index in [9.17, 15) is 13.2 Å². The summed E-state index contributed by atoms with van der Waals surface area (Å²) in [4.78, 5) is 14.0. The summed E-state index contributed by atoms with van der Waals surface area (Å²) in [5.41, 5.74) is 6.55. The summed E-state index contributed by atoms with van der Waals surface area (Å²) >= 11 is 0. The Bertz CT molecular complexity index is 670. The average molecular weight is 295 g/mol. The molecule has 1 saturated heterocycles. The number of nitrogens with zero attached hydrogens (tertiary/aromatic N) is 2.